The molecule has 0 fully saturated rings. The summed E-state index contributed by atoms with van der Waals surface area (Å²) in [5.74, 6) is 0. The summed E-state index contributed by atoms with van der Waals surface area (Å²) >= 11 is 0. The molecular weight excluding hydrogens is 332 g/mol. The fourth-order valence-corrected chi connectivity index (χ4v) is 4.34. The topological polar surface area (TPSA) is 49.4 Å². The first-order valence-electron chi connectivity index (χ1n) is 8.74. The van der Waals surface area contributed by atoms with Gasteiger partial charge in [-0.2, -0.15) is 4.31 Å². The molecule has 0 aliphatic rings. The molecule has 0 saturated carbocycles. The van der Waals surface area contributed by atoms with E-state index in [1.165, 1.54) is 21.0 Å². The Morgan fingerprint density at radius 3 is 2.12 bits per heavy atom. The maximum absolute atomic E-state index is 12.5. The molecule has 0 unspecified atom stereocenters. The van der Waals surface area contributed by atoms with Crippen LogP contribution in [0.1, 0.15) is 36.1 Å². The Balaban J connectivity index is 1.99. The van der Waals surface area contributed by atoms with Gasteiger partial charge in [0.2, 0.25) is 10.0 Å². The van der Waals surface area contributed by atoms with Gasteiger partial charge >= 0.3 is 0 Å². The third-order valence-electron chi connectivity index (χ3n) is 4.41. The highest BCUT2D eigenvalue weighted by molar-refractivity contribution is 7.89. The van der Waals surface area contributed by atoms with Crippen LogP contribution in [0, 0.1) is 13.8 Å². The number of rotatable bonds is 8. The van der Waals surface area contributed by atoms with Gasteiger partial charge < -0.3 is 5.32 Å². The zero-order valence-electron chi connectivity index (χ0n) is 15.5. The number of nitrogens with one attached hydrogen (secondary N) is 1. The molecule has 2 aromatic rings. The summed E-state index contributed by atoms with van der Waals surface area (Å²) in [5, 5.41) is 3.42. The Hall–Kier alpha value is -1.69. The van der Waals surface area contributed by atoms with Gasteiger partial charge in [0.15, 0.2) is 0 Å². The lowest BCUT2D eigenvalue weighted by atomic mass is 10.1. The van der Waals surface area contributed by atoms with Gasteiger partial charge in [-0.15, -0.1) is 0 Å². The molecule has 5 heteroatoms. The fraction of sp³-hybridized carbons (Fsp3) is 0.400. The molecule has 4 nitrogen and oxygen atoms in total. The molecule has 2 aromatic carbocycles. The molecule has 0 saturated heterocycles. The maximum Gasteiger partial charge on any atom is 0.243 e. The lowest BCUT2D eigenvalue weighted by molar-refractivity contribution is 0.445. The lowest BCUT2D eigenvalue weighted by Gasteiger charge is -2.18. The third kappa shape index (κ3) is 4.91. The van der Waals surface area contributed by atoms with Crippen LogP contribution in [0.25, 0.3) is 0 Å². The molecule has 0 aliphatic carbocycles. The Labute approximate surface area is 151 Å². The highest BCUT2D eigenvalue weighted by Gasteiger charge is 2.20. The molecule has 0 radical (unpaired) electrons. The van der Waals surface area contributed by atoms with Crippen molar-refractivity contribution in [2.75, 3.05) is 13.1 Å². The van der Waals surface area contributed by atoms with Crippen molar-refractivity contribution in [3.8, 4) is 0 Å². The van der Waals surface area contributed by atoms with E-state index in [9.17, 15) is 8.42 Å². The van der Waals surface area contributed by atoms with Crippen molar-refractivity contribution in [2.45, 2.75) is 45.7 Å². The largest absolute Gasteiger partial charge is 0.309 e. The van der Waals surface area contributed by atoms with E-state index in [1.54, 1.807) is 12.1 Å². The summed E-state index contributed by atoms with van der Waals surface area (Å²) in [5.41, 5.74) is 4.91. The van der Waals surface area contributed by atoms with Gasteiger partial charge in [0.1, 0.15) is 0 Å². The van der Waals surface area contributed by atoms with Crippen LogP contribution in [0.5, 0.6) is 0 Å². The first-order chi connectivity index (χ1) is 11.9. The molecule has 2 rings (SSSR count). The smallest absolute Gasteiger partial charge is 0.243 e. The minimum Gasteiger partial charge on any atom is -0.309 e. The van der Waals surface area contributed by atoms with Gasteiger partial charge in [-0.05, 0) is 42.7 Å². The Kier molecular flexibility index (Phi) is 6.76. The molecule has 0 bridgehead atoms. The number of hydrogen-bond acceptors (Lipinski definition) is 3. The minimum atomic E-state index is -3.38. The maximum atomic E-state index is 12.5. The molecule has 0 aromatic heterocycles. The minimum absolute atomic E-state index is 0.356. The van der Waals surface area contributed by atoms with Crippen molar-refractivity contribution in [1.82, 2.24) is 9.62 Å². The van der Waals surface area contributed by atoms with Gasteiger partial charge in [0, 0.05) is 26.2 Å². The molecule has 25 heavy (non-hydrogen) atoms. The monoisotopic (exact) mass is 360 g/mol. The zero-order valence-corrected chi connectivity index (χ0v) is 16.4. The van der Waals surface area contributed by atoms with Crippen LogP contribution < -0.4 is 5.32 Å². The number of hydrogen-bond donors (Lipinski definition) is 1. The van der Waals surface area contributed by atoms with E-state index in [-0.39, 0.29) is 0 Å². The summed E-state index contributed by atoms with van der Waals surface area (Å²) in [6.07, 6.45) is 0. The predicted molar refractivity (Wildman–Crippen MR) is 103 cm³/mol. The van der Waals surface area contributed by atoms with Crippen LogP contribution >= 0.6 is 0 Å². The Morgan fingerprint density at radius 2 is 1.56 bits per heavy atom. The van der Waals surface area contributed by atoms with Gasteiger partial charge in [-0.3, -0.25) is 0 Å². The number of nitrogens with zero attached hydrogens (tertiary/aromatic N) is 1. The number of benzene rings is 2. The molecule has 0 heterocycles. The lowest BCUT2D eigenvalue weighted by Crippen LogP contribution is -2.30. The Morgan fingerprint density at radius 1 is 0.920 bits per heavy atom. The Bertz CT molecular complexity index is 795. The fourth-order valence-electron chi connectivity index (χ4n) is 2.88. The average molecular weight is 361 g/mol. The van der Waals surface area contributed by atoms with Crippen LogP contribution in [0.3, 0.4) is 0 Å². The van der Waals surface area contributed by atoms with Crippen LogP contribution in [0.2, 0.25) is 0 Å². The summed E-state index contributed by atoms with van der Waals surface area (Å²) in [6, 6.07) is 13.6. The molecule has 1 N–H and O–H groups in total. The van der Waals surface area contributed by atoms with Crippen molar-refractivity contribution in [3.63, 3.8) is 0 Å². The molecule has 136 valence electrons. The first-order valence-corrected chi connectivity index (χ1v) is 10.2. The third-order valence-corrected chi connectivity index (χ3v) is 6.47. The second-order valence-electron chi connectivity index (χ2n) is 6.27. The zero-order chi connectivity index (χ0) is 18.4. The number of aryl methyl sites for hydroxylation is 2. The highest BCUT2D eigenvalue weighted by Crippen LogP contribution is 2.16. The quantitative estimate of drug-likeness (QED) is 0.782. The normalized spacial score (nSPS) is 11.9. The SMILES string of the molecule is CCN(CC)S(=O)(=O)c1ccc(CNCc2ccc(C)cc2C)cc1. The van der Waals surface area contributed by atoms with E-state index in [1.807, 2.05) is 26.0 Å². The van der Waals surface area contributed by atoms with E-state index in [0.717, 1.165) is 12.1 Å². The molecule has 0 atom stereocenters. The second-order valence-corrected chi connectivity index (χ2v) is 8.20. The van der Waals surface area contributed by atoms with E-state index in [2.05, 4.69) is 37.4 Å². The van der Waals surface area contributed by atoms with Crippen molar-refractivity contribution in [1.29, 1.82) is 0 Å². The average Bonchev–Trinajstić information content (AvgIpc) is 2.58. The summed E-state index contributed by atoms with van der Waals surface area (Å²) < 4.78 is 26.4. The van der Waals surface area contributed by atoms with Crippen molar-refractivity contribution < 1.29 is 8.42 Å². The van der Waals surface area contributed by atoms with Crippen molar-refractivity contribution in [2.24, 2.45) is 0 Å². The van der Waals surface area contributed by atoms with E-state index in [4.69, 9.17) is 0 Å². The van der Waals surface area contributed by atoms with Gasteiger partial charge in [-0.1, -0.05) is 49.7 Å². The molecule has 0 amide bonds. The molecular formula is C20H28N2O2S. The predicted octanol–water partition coefficient (Wildman–Crippen LogP) is 3.62. The molecule has 0 aliphatic heterocycles. The summed E-state index contributed by atoms with van der Waals surface area (Å²) in [7, 11) is -3.38. The van der Waals surface area contributed by atoms with Crippen molar-refractivity contribution in [3.05, 3.63) is 64.7 Å². The van der Waals surface area contributed by atoms with Crippen LogP contribution in [0.4, 0.5) is 0 Å². The van der Waals surface area contributed by atoms with E-state index >= 15 is 0 Å². The van der Waals surface area contributed by atoms with Gasteiger partial charge in [0.25, 0.3) is 0 Å². The van der Waals surface area contributed by atoms with Crippen LogP contribution in [-0.2, 0) is 23.1 Å². The van der Waals surface area contributed by atoms with Crippen LogP contribution in [-0.4, -0.2) is 25.8 Å². The summed E-state index contributed by atoms with van der Waals surface area (Å²) in [6.45, 7) is 10.4. The van der Waals surface area contributed by atoms with Gasteiger partial charge in [0.05, 0.1) is 4.90 Å². The van der Waals surface area contributed by atoms with Gasteiger partial charge in [-0.25, -0.2) is 8.42 Å². The second kappa shape index (κ2) is 8.61. The first kappa shape index (κ1) is 19.6. The summed E-state index contributed by atoms with van der Waals surface area (Å²) in [4.78, 5) is 0.356. The highest BCUT2D eigenvalue weighted by atomic mass is 32.2. The van der Waals surface area contributed by atoms with E-state index < -0.39 is 10.0 Å². The van der Waals surface area contributed by atoms with E-state index in [0.29, 0.717) is 24.5 Å². The standard InChI is InChI=1S/C20H28N2O2S/c1-5-22(6-2)25(23,24)20-11-8-18(9-12-20)14-21-15-19-10-7-16(3)13-17(19)4/h7-13,21H,5-6,14-15H2,1-4H3. The number of sulfonamides is 1. The van der Waals surface area contributed by atoms with Crippen LogP contribution in [0.15, 0.2) is 47.4 Å². The van der Waals surface area contributed by atoms with Crippen molar-refractivity contribution >= 4 is 10.0 Å². The molecule has 0 spiro atoms.